The van der Waals surface area contributed by atoms with Crippen LogP contribution < -0.4 is 10.1 Å². The van der Waals surface area contributed by atoms with Crippen molar-refractivity contribution in [3.05, 3.63) is 28.8 Å². The summed E-state index contributed by atoms with van der Waals surface area (Å²) in [5, 5.41) is 12.8. The quantitative estimate of drug-likeness (QED) is 0.695. The van der Waals surface area contributed by atoms with Crippen LogP contribution in [0.25, 0.3) is 0 Å². The van der Waals surface area contributed by atoms with Crippen molar-refractivity contribution >= 4 is 23.5 Å². The molecule has 1 rings (SSSR count). The summed E-state index contributed by atoms with van der Waals surface area (Å²) in [6.45, 7) is 3.79. The Labute approximate surface area is 147 Å². The second kappa shape index (κ2) is 9.49. The summed E-state index contributed by atoms with van der Waals surface area (Å²) in [6, 6.07) is 4.18. The maximum absolute atomic E-state index is 12.1. The Hall–Kier alpha value is -1.79. The molecule has 0 fully saturated rings. The van der Waals surface area contributed by atoms with Crippen molar-refractivity contribution in [2.75, 3.05) is 14.2 Å². The molecule has 1 aromatic rings. The summed E-state index contributed by atoms with van der Waals surface area (Å²) in [4.78, 5) is 24.0. The molecule has 0 heterocycles. The fourth-order valence-electron chi connectivity index (χ4n) is 2.23. The molecule has 0 saturated carbocycles. The number of aliphatic hydroxyl groups is 1. The summed E-state index contributed by atoms with van der Waals surface area (Å²) in [5.74, 6) is -0.514. The first-order chi connectivity index (χ1) is 11.3. The number of ether oxygens (including phenoxy) is 2. The summed E-state index contributed by atoms with van der Waals surface area (Å²) in [5.41, 5.74) is 0.731. The van der Waals surface area contributed by atoms with Crippen LogP contribution in [0.3, 0.4) is 0 Å². The van der Waals surface area contributed by atoms with Crippen LogP contribution in [0.15, 0.2) is 18.2 Å². The van der Waals surface area contributed by atoms with E-state index in [4.69, 9.17) is 21.1 Å². The van der Waals surface area contributed by atoms with E-state index in [1.54, 1.807) is 18.2 Å². The Morgan fingerprint density at radius 3 is 2.46 bits per heavy atom. The van der Waals surface area contributed by atoms with Gasteiger partial charge >= 0.3 is 5.97 Å². The number of benzene rings is 1. The largest absolute Gasteiger partial charge is 0.495 e. The van der Waals surface area contributed by atoms with Gasteiger partial charge in [-0.15, -0.1) is 0 Å². The normalized spacial score (nSPS) is 13.3. The summed E-state index contributed by atoms with van der Waals surface area (Å²) >= 11 is 6.07. The lowest BCUT2D eigenvalue weighted by molar-refractivity contribution is -0.146. The van der Waals surface area contributed by atoms with Gasteiger partial charge in [-0.2, -0.15) is 0 Å². The third-order valence-electron chi connectivity index (χ3n) is 3.46. The van der Waals surface area contributed by atoms with Gasteiger partial charge in [-0.05, 0) is 30.0 Å². The Kier molecular flexibility index (Phi) is 8.01. The monoisotopic (exact) mass is 357 g/mol. The number of esters is 1. The minimum atomic E-state index is -1.17. The molecule has 0 aromatic heterocycles. The van der Waals surface area contributed by atoms with Gasteiger partial charge in [0, 0.05) is 6.42 Å². The first-order valence-electron chi connectivity index (χ1n) is 7.67. The van der Waals surface area contributed by atoms with Gasteiger partial charge in [0.2, 0.25) is 5.91 Å². The Morgan fingerprint density at radius 2 is 1.96 bits per heavy atom. The maximum Gasteiger partial charge on any atom is 0.328 e. The van der Waals surface area contributed by atoms with E-state index in [0.29, 0.717) is 17.2 Å². The van der Waals surface area contributed by atoms with E-state index in [2.05, 4.69) is 5.32 Å². The number of halogens is 1. The number of carbonyl (C=O) groups is 2. The van der Waals surface area contributed by atoms with Gasteiger partial charge in [-0.1, -0.05) is 31.5 Å². The Morgan fingerprint density at radius 1 is 1.29 bits per heavy atom. The summed E-state index contributed by atoms with van der Waals surface area (Å²) in [6.07, 6.45) is -0.665. The minimum absolute atomic E-state index is 0.155. The highest BCUT2D eigenvalue weighted by atomic mass is 35.5. The van der Waals surface area contributed by atoms with Gasteiger partial charge in [0.1, 0.15) is 17.9 Å². The lowest BCUT2D eigenvalue weighted by Gasteiger charge is -2.20. The Balaban J connectivity index is 2.84. The van der Waals surface area contributed by atoms with Crippen molar-refractivity contribution in [2.45, 2.75) is 38.8 Å². The van der Waals surface area contributed by atoms with Crippen LogP contribution in [0.1, 0.15) is 25.8 Å². The third kappa shape index (κ3) is 6.02. The maximum atomic E-state index is 12.1. The third-order valence-corrected chi connectivity index (χ3v) is 3.75. The standard InChI is InChI=1S/C17H24ClNO5/c1-10(2)7-14(20)16(21)19-13(17(22)24-4)9-11-5-6-15(23-3)12(18)8-11/h5-6,8,10,13-14,20H,7,9H2,1-4H3,(H,19,21)/t13-,14-/m1/s1. The average molecular weight is 358 g/mol. The van der Waals surface area contributed by atoms with Crippen LogP contribution in [0.5, 0.6) is 5.75 Å². The molecule has 1 aromatic carbocycles. The highest BCUT2D eigenvalue weighted by molar-refractivity contribution is 6.32. The molecule has 7 heteroatoms. The number of nitrogens with one attached hydrogen (secondary N) is 1. The molecular weight excluding hydrogens is 334 g/mol. The number of hydrogen-bond donors (Lipinski definition) is 2. The number of hydrogen-bond acceptors (Lipinski definition) is 5. The van der Waals surface area contributed by atoms with E-state index in [-0.39, 0.29) is 12.3 Å². The smallest absolute Gasteiger partial charge is 0.328 e. The number of aliphatic hydroxyl groups excluding tert-OH is 1. The fourth-order valence-corrected chi connectivity index (χ4v) is 2.51. The number of methoxy groups -OCH3 is 2. The number of carbonyl (C=O) groups excluding carboxylic acids is 2. The highest BCUT2D eigenvalue weighted by Crippen LogP contribution is 2.25. The molecule has 0 aliphatic heterocycles. The van der Waals surface area contributed by atoms with E-state index >= 15 is 0 Å². The molecule has 24 heavy (non-hydrogen) atoms. The molecule has 2 atom stereocenters. The van der Waals surface area contributed by atoms with Crippen LogP contribution in [0.4, 0.5) is 0 Å². The van der Waals surface area contributed by atoms with E-state index in [9.17, 15) is 14.7 Å². The van der Waals surface area contributed by atoms with Gasteiger partial charge in [-0.3, -0.25) is 4.79 Å². The first-order valence-corrected chi connectivity index (χ1v) is 8.05. The van der Waals surface area contributed by atoms with Gasteiger partial charge < -0.3 is 19.9 Å². The molecule has 0 spiro atoms. The zero-order valence-electron chi connectivity index (χ0n) is 14.3. The zero-order chi connectivity index (χ0) is 18.3. The van der Waals surface area contributed by atoms with Crippen LogP contribution in [0.2, 0.25) is 5.02 Å². The molecule has 2 N–H and O–H groups in total. The average Bonchev–Trinajstić information content (AvgIpc) is 2.52. The summed E-state index contributed by atoms with van der Waals surface area (Å²) < 4.78 is 9.81. The fraction of sp³-hybridized carbons (Fsp3) is 0.529. The van der Waals surface area contributed by atoms with Crippen molar-refractivity contribution < 1.29 is 24.2 Å². The highest BCUT2D eigenvalue weighted by Gasteiger charge is 2.26. The molecular formula is C17H24ClNO5. The molecule has 0 radical (unpaired) electrons. The molecule has 0 aliphatic rings. The molecule has 0 saturated heterocycles. The van der Waals surface area contributed by atoms with Crippen LogP contribution >= 0.6 is 11.6 Å². The van der Waals surface area contributed by atoms with Crippen molar-refractivity contribution in [2.24, 2.45) is 5.92 Å². The van der Waals surface area contributed by atoms with Crippen molar-refractivity contribution in [1.82, 2.24) is 5.32 Å². The molecule has 1 amide bonds. The van der Waals surface area contributed by atoms with E-state index < -0.39 is 24.0 Å². The molecule has 0 unspecified atom stereocenters. The van der Waals surface area contributed by atoms with Crippen molar-refractivity contribution in [3.63, 3.8) is 0 Å². The van der Waals surface area contributed by atoms with Crippen molar-refractivity contribution in [1.29, 1.82) is 0 Å². The van der Waals surface area contributed by atoms with Gasteiger partial charge in [0.05, 0.1) is 19.2 Å². The molecule has 134 valence electrons. The second-order valence-electron chi connectivity index (χ2n) is 5.90. The Bertz CT molecular complexity index is 576. The topological polar surface area (TPSA) is 84.9 Å². The summed E-state index contributed by atoms with van der Waals surface area (Å²) in [7, 11) is 2.75. The number of rotatable bonds is 8. The minimum Gasteiger partial charge on any atom is -0.495 e. The van der Waals surface area contributed by atoms with Crippen LogP contribution in [-0.4, -0.2) is 43.3 Å². The van der Waals surface area contributed by atoms with E-state index in [0.717, 1.165) is 5.56 Å². The SMILES string of the molecule is COC(=O)[C@@H](Cc1ccc(OC)c(Cl)c1)NC(=O)[C@H](O)CC(C)C. The molecule has 0 bridgehead atoms. The molecule has 6 nitrogen and oxygen atoms in total. The predicted octanol–water partition coefficient (Wildman–Crippen LogP) is 1.96. The van der Waals surface area contributed by atoms with Gasteiger partial charge in [-0.25, -0.2) is 4.79 Å². The lowest BCUT2D eigenvalue weighted by Crippen LogP contribution is -2.47. The van der Waals surface area contributed by atoms with Gasteiger partial charge in [0.15, 0.2) is 0 Å². The van der Waals surface area contributed by atoms with E-state index in [1.165, 1.54) is 14.2 Å². The van der Waals surface area contributed by atoms with Crippen molar-refractivity contribution in [3.8, 4) is 5.75 Å². The first kappa shape index (κ1) is 20.3. The second-order valence-corrected chi connectivity index (χ2v) is 6.31. The van der Waals surface area contributed by atoms with Crippen LogP contribution in [0, 0.1) is 5.92 Å². The zero-order valence-corrected chi connectivity index (χ0v) is 15.1. The molecule has 0 aliphatic carbocycles. The lowest BCUT2D eigenvalue weighted by atomic mass is 10.0. The van der Waals surface area contributed by atoms with Crippen LogP contribution in [-0.2, 0) is 20.7 Å². The van der Waals surface area contributed by atoms with E-state index in [1.807, 2.05) is 13.8 Å². The van der Waals surface area contributed by atoms with Gasteiger partial charge in [0.25, 0.3) is 0 Å². The number of amides is 1. The predicted molar refractivity (Wildman–Crippen MR) is 91.1 cm³/mol.